The molecule has 1 aliphatic rings. The summed E-state index contributed by atoms with van der Waals surface area (Å²) in [5, 5.41) is 2.91. The van der Waals surface area contributed by atoms with Gasteiger partial charge in [0, 0.05) is 31.4 Å². The van der Waals surface area contributed by atoms with Crippen molar-refractivity contribution in [1.82, 2.24) is 5.32 Å². The Bertz CT molecular complexity index is 234. The number of carbonyl (C=O) groups excluding carboxylic acids is 2. The molecule has 0 aromatic carbocycles. The predicted molar refractivity (Wildman–Crippen MR) is 56.4 cm³/mol. The largest absolute Gasteiger partial charge is 0.381 e. The van der Waals surface area contributed by atoms with Gasteiger partial charge in [-0.2, -0.15) is 0 Å². The highest BCUT2D eigenvalue weighted by Gasteiger charge is 2.23. The Morgan fingerprint density at radius 2 is 2.20 bits per heavy atom. The number of hydrogen-bond acceptors (Lipinski definition) is 3. The number of hydrogen-bond donors (Lipinski definition) is 1. The van der Waals surface area contributed by atoms with Crippen LogP contribution in [0.1, 0.15) is 33.1 Å². The van der Waals surface area contributed by atoms with E-state index >= 15 is 0 Å². The molecule has 1 aliphatic heterocycles. The Balaban J connectivity index is 2.21. The average molecular weight is 213 g/mol. The van der Waals surface area contributed by atoms with Gasteiger partial charge >= 0.3 is 0 Å². The Morgan fingerprint density at radius 1 is 1.47 bits per heavy atom. The van der Waals surface area contributed by atoms with Gasteiger partial charge in [-0.3, -0.25) is 4.79 Å². The number of Topliss-reactive ketones (excluding diaryl/α,β-unsaturated/α-hetero) is 1. The molecule has 86 valence electrons. The van der Waals surface area contributed by atoms with Crippen molar-refractivity contribution < 1.29 is 14.3 Å². The van der Waals surface area contributed by atoms with Crippen LogP contribution in [0.2, 0.25) is 0 Å². The average Bonchev–Trinajstić information content (AvgIpc) is 2.67. The van der Waals surface area contributed by atoms with E-state index in [1.54, 1.807) is 0 Å². The summed E-state index contributed by atoms with van der Waals surface area (Å²) in [4.78, 5) is 22.1. The zero-order chi connectivity index (χ0) is 11.3. The highest BCUT2D eigenvalue weighted by molar-refractivity contribution is 5.83. The molecule has 0 radical (unpaired) electrons. The van der Waals surface area contributed by atoms with Crippen molar-refractivity contribution >= 4 is 11.7 Å². The van der Waals surface area contributed by atoms with Crippen molar-refractivity contribution in [1.29, 1.82) is 0 Å². The summed E-state index contributed by atoms with van der Waals surface area (Å²) in [5.41, 5.74) is 0. The topological polar surface area (TPSA) is 55.4 Å². The Labute approximate surface area is 90.4 Å². The van der Waals surface area contributed by atoms with E-state index in [9.17, 15) is 9.59 Å². The lowest BCUT2D eigenvalue weighted by Crippen LogP contribution is -2.38. The molecule has 4 nitrogen and oxygen atoms in total. The predicted octanol–water partition coefficient (Wildman–Crippen LogP) is 0.897. The highest BCUT2D eigenvalue weighted by atomic mass is 16.5. The van der Waals surface area contributed by atoms with Crippen LogP contribution in [0.5, 0.6) is 0 Å². The van der Waals surface area contributed by atoms with E-state index in [4.69, 9.17) is 4.74 Å². The Morgan fingerprint density at radius 3 is 2.73 bits per heavy atom. The molecule has 1 heterocycles. The molecule has 1 saturated heterocycles. The molecular weight excluding hydrogens is 194 g/mol. The maximum Gasteiger partial charge on any atom is 0.220 e. The standard InChI is InChI=1S/C11H19NO3/c1-8(13)3-4-11(14)12-9(2)10-5-6-15-7-10/h9-10H,3-7H2,1-2H3,(H,12,14). The SMILES string of the molecule is CC(=O)CCC(=O)NC(C)C1CCOC1. The number of rotatable bonds is 5. The van der Waals surface area contributed by atoms with Crippen LogP contribution in [-0.2, 0) is 14.3 Å². The van der Waals surface area contributed by atoms with Crippen LogP contribution in [0.25, 0.3) is 0 Å². The number of carbonyl (C=O) groups is 2. The van der Waals surface area contributed by atoms with Crippen molar-refractivity contribution in [3.8, 4) is 0 Å². The first-order valence-corrected chi connectivity index (χ1v) is 5.46. The Hall–Kier alpha value is -0.900. The molecule has 0 aliphatic carbocycles. The lowest BCUT2D eigenvalue weighted by Gasteiger charge is -2.18. The molecule has 0 spiro atoms. The minimum Gasteiger partial charge on any atom is -0.381 e. The minimum atomic E-state index is -0.0374. The van der Waals surface area contributed by atoms with E-state index in [1.807, 2.05) is 6.92 Å². The second-order valence-corrected chi connectivity index (χ2v) is 4.18. The summed E-state index contributed by atoms with van der Waals surface area (Å²) in [6.07, 6.45) is 1.64. The maximum atomic E-state index is 11.4. The van der Waals surface area contributed by atoms with E-state index in [0.717, 1.165) is 19.6 Å². The lowest BCUT2D eigenvalue weighted by atomic mass is 10.0. The summed E-state index contributed by atoms with van der Waals surface area (Å²) in [7, 11) is 0. The number of ketones is 1. The second-order valence-electron chi connectivity index (χ2n) is 4.18. The lowest BCUT2D eigenvalue weighted by molar-refractivity contribution is -0.125. The summed E-state index contributed by atoms with van der Waals surface area (Å²) in [6.45, 7) is 5.01. The molecule has 1 N–H and O–H groups in total. The zero-order valence-electron chi connectivity index (χ0n) is 9.41. The first-order valence-electron chi connectivity index (χ1n) is 5.46. The summed E-state index contributed by atoms with van der Waals surface area (Å²) in [6, 6.07) is 0.145. The Kier molecular flexibility index (Phi) is 4.75. The van der Waals surface area contributed by atoms with Crippen LogP contribution >= 0.6 is 0 Å². The summed E-state index contributed by atoms with van der Waals surface area (Å²) < 4.78 is 5.25. The van der Waals surface area contributed by atoms with Crippen LogP contribution in [-0.4, -0.2) is 30.9 Å². The fourth-order valence-electron chi connectivity index (χ4n) is 1.68. The van der Waals surface area contributed by atoms with E-state index in [1.165, 1.54) is 6.92 Å². The summed E-state index contributed by atoms with van der Waals surface area (Å²) >= 11 is 0. The van der Waals surface area contributed by atoms with Crippen molar-refractivity contribution in [2.75, 3.05) is 13.2 Å². The number of ether oxygens (including phenoxy) is 1. The molecule has 1 fully saturated rings. The minimum absolute atomic E-state index is 0.0374. The van der Waals surface area contributed by atoms with Gasteiger partial charge in [-0.1, -0.05) is 0 Å². The van der Waals surface area contributed by atoms with E-state index in [2.05, 4.69) is 5.32 Å². The molecule has 0 aromatic rings. The molecule has 1 rings (SSSR count). The monoisotopic (exact) mass is 213 g/mol. The van der Waals surface area contributed by atoms with Crippen molar-refractivity contribution in [3.05, 3.63) is 0 Å². The first-order chi connectivity index (χ1) is 7.09. The third-order valence-electron chi connectivity index (χ3n) is 2.76. The summed E-state index contributed by atoms with van der Waals surface area (Å²) in [5.74, 6) is 0.442. The zero-order valence-corrected chi connectivity index (χ0v) is 9.41. The fourth-order valence-corrected chi connectivity index (χ4v) is 1.68. The van der Waals surface area contributed by atoms with Crippen LogP contribution < -0.4 is 5.32 Å². The first kappa shape index (κ1) is 12.2. The van der Waals surface area contributed by atoms with Crippen molar-refractivity contribution in [3.63, 3.8) is 0 Å². The van der Waals surface area contributed by atoms with Gasteiger partial charge in [0.2, 0.25) is 5.91 Å². The van der Waals surface area contributed by atoms with Gasteiger partial charge in [0.15, 0.2) is 0 Å². The molecule has 15 heavy (non-hydrogen) atoms. The van der Waals surface area contributed by atoms with Gasteiger partial charge in [0.25, 0.3) is 0 Å². The van der Waals surface area contributed by atoms with E-state index in [0.29, 0.717) is 18.8 Å². The quantitative estimate of drug-likeness (QED) is 0.738. The molecule has 2 unspecified atom stereocenters. The van der Waals surface area contributed by atoms with Gasteiger partial charge in [0.1, 0.15) is 5.78 Å². The third-order valence-corrected chi connectivity index (χ3v) is 2.76. The van der Waals surface area contributed by atoms with E-state index < -0.39 is 0 Å². The van der Waals surface area contributed by atoms with Gasteiger partial charge in [-0.05, 0) is 20.3 Å². The van der Waals surface area contributed by atoms with Crippen LogP contribution in [0, 0.1) is 5.92 Å². The molecular formula is C11H19NO3. The van der Waals surface area contributed by atoms with Gasteiger partial charge in [0.05, 0.1) is 6.61 Å². The molecule has 2 atom stereocenters. The van der Waals surface area contributed by atoms with Crippen molar-refractivity contribution in [2.24, 2.45) is 5.92 Å². The number of amides is 1. The molecule has 1 amide bonds. The molecule has 4 heteroatoms. The third kappa shape index (κ3) is 4.42. The van der Waals surface area contributed by atoms with Gasteiger partial charge in [-0.15, -0.1) is 0 Å². The molecule has 0 saturated carbocycles. The molecule has 0 aromatic heterocycles. The van der Waals surface area contributed by atoms with Crippen LogP contribution in [0.15, 0.2) is 0 Å². The molecule has 0 bridgehead atoms. The normalized spacial score (nSPS) is 22.4. The second kappa shape index (κ2) is 5.85. The fraction of sp³-hybridized carbons (Fsp3) is 0.818. The van der Waals surface area contributed by atoms with Crippen LogP contribution in [0.4, 0.5) is 0 Å². The smallest absolute Gasteiger partial charge is 0.220 e. The maximum absolute atomic E-state index is 11.4. The van der Waals surface area contributed by atoms with Crippen molar-refractivity contribution in [2.45, 2.75) is 39.2 Å². The van der Waals surface area contributed by atoms with E-state index in [-0.39, 0.29) is 17.7 Å². The number of nitrogens with one attached hydrogen (secondary N) is 1. The van der Waals surface area contributed by atoms with Gasteiger partial charge < -0.3 is 14.8 Å². The highest BCUT2D eigenvalue weighted by Crippen LogP contribution is 2.16. The van der Waals surface area contributed by atoms with Gasteiger partial charge in [-0.25, -0.2) is 0 Å². The van der Waals surface area contributed by atoms with Crippen LogP contribution in [0.3, 0.4) is 0 Å².